The number of carbonyl (C=O) groups is 1. The number of nitrogens with zero attached hydrogens (tertiary/aromatic N) is 2. The van der Waals surface area contributed by atoms with Gasteiger partial charge in [-0.1, -0.05) is 12.1 Å². The Morgan fingerprint density at radius 1 is 1.14 bits per heavy atom. The average Bonchev–Trinajstić information content (AvgIpc) is 3.45. The fraction of sp³-hybridized carbons (Fsp3) is 0.724. The summed E-state index contributed by atoms with van der Waals surface area (Å²) in [6.45, 7) is 1.06. The molecular formula is C29H37N3O3S2. The highest BCUT2D eigenvalue weighted by atomic mass is 32.2. The predicted molar refractivity (Wildman–Crippen MR) is 146 cm³/mol. The average molecular weight is 540 g/mol. The van der Waals surface area contributed by atoms with Gasteiger partial charge in [-0.3, -0.25) is 9.10 Å². The van der Waals surface area contributed by atoms with Crippen molar-refractivity contribution in [1.29, 1.82) is 5.26 Å². The summed E-state index contributed by atoms with van der Waals surface area (Å²) in [7, 11) is -3.16. The summed E-state index contributed by atoms with van der Waals surface area (Å²) in [5.74, 6) is 4.52. The maximum atomic E-state index is 13.1. The Hall–Kier alpha value is -1.56. The van der Waals surface area contributed by atoms with Crippen molar-refractivity contribution in [3.8, 4) is 6.07 Å². The molecule has 6 aliphatic rings. The van der Waals surface area contributed by atoms with Gasteiger partial charge in [0.25, 0.3) is 0 Å². The van der Waals surface area contributed by atoms with Crippen LogP contribution in [0.1, 0.15) is 63.4 Å². The number of fused-ring (bicyclic) bond motifs is 3. The first kappa shape index (κ1) is 24.5. The number of hydrogen-bond acceptors (Lipinski definition) is 6. The van der Waals surface area contributed by atoms with Crippen molar-refractivity contribution in [2.24, 2.45) is 29.1 Å². The maximum absolute atomic E-state index is 13.1. The van der Waals surface area contributed by atoms with E-state index in [1.165, 1.54) is 31.2 Å². The smallest absolute Gasteiger partial charge is 0.235 e. The van der Waals surface area contributed by atoms with Crippen LogP contribution in [0.3, 0.4) is 0 Å². The van der Waals surface area contributed by atoms with E-state index in [1.54, 1.807) is 4.31 Å². The largest absolute Gasteiger partial charge is 0.304 e. The lowest BCUT2D eigenvalue weighted by atomic mass is 9.44. The molecule has 1 aromatic carbocycles. The lowest BCUT2D eigenvalue weighted by molar-refractivity contribution is -0.119. The van der Waals surface area contributed by atoms with Crippen LogP contribution in [0.2, 0.25) is 0 Å². The van der Waals surface area contributed by atoms with E-state index in [9.17, 15) is 18.5 Å². The van der Waals surface area contributed by atoms with Crippen molar-refractivity contribution in [1.82, 2.24) is 5.32 Å². The topological polar surface area (TPSA) is 90.3 Å². The molecule has 5 unspecified atom stereocenters. The van der Waals surface area contributed by atoms with Crippen molar-refractivity contribution in [3.63, 3.8) is 0 Å². The lowest BCUT2D eigenvalue weighted by Crippen LogP contribution is -2.55. The highest BCUT2D eigenvalue weighted by Crippen LogP contribution is 2.85. The molecule has 3 bridgehead atoms. The monoisotopic (exact) mass is 539 g/mol. The molecule has 1 aromatic rings. The highest BCUT2D eigenvalue weighted by Gasteiger charge is 2.82. The molecule has 2 saturated heterocycles. The van der Waals surface area contributed by atoms with Gasteiger partial charge in [-0.15, -0.1) is 0 Å². The number of ketones is 1. The Kier molecular flexibility index (Phi) is 5.60. The number of sulfonamides is 1. The molecule has 6 nitrogen and oxygen atoms in total. The minimum atomic E-state index is -3.16. The second kappa shape index (κ2) is 8.47. The third-order valence-corrected chi connectivity index (χ3v) is 14.5. The van der Waals surface area contributed by atoms with Crippen molar-refractivity contribution in [2.45, 2.75) is 68.7 Å². The maximum Gasteiger partial charge on any atom is 0.235 e. The first-order valence-electron chi connectivity index (χ1n) is 14.1. The Balaban J connectivity index is 1.05. The third kappa shape index (κ3) is 3.52. The molecular weight excluding hydrogens is 502 g/mol. The summed E-state index contributed by atoms with van der Waals surface area (Å²) in [5.41, 5.74) is 2.78. The molecule has 2 heterocycles. The fourth-order valence-electron chi connectivity index (χ4n) is 9.69. The fourth-order valence-corrected chi connectivity index (χ4v) is 12.5. The normalized spacial score (nSPS) is 42.8. The van der Waals surface area contributed by atoms with Gasteiger partial charge in [0.1, 0.15) is 5.78 Å². The Morgan fingerprint density at radius 2 is 1.97 bits per heavy atom. The molecule has 2 aliphatic heterocycles. The van der Waals surface area contributed by atoms with Crippen LogP contribution in [0, 0.1) is 40.4 Å². The van der Waals surface area contributed by atoms with Gasteiger partial charge >= 0.3 is 0 Å². The van der Waals surface area contributed by atoms with Crippen LogP contribution in [0.15, 0.2) is 24.3 Å². The Bertz CT molecular complexity index is 1260. The van der Waals surface area contributed by atoms with Crippen LogP contribution in [-0.2, 0) is 20.2 Å². The summed E-state index contributed by atoms with van der Waals surface area (Å²) in [5, 5.41) is 13.1. The molecule has 0 aromatic heterocycles. The zero-order chi connectivity index (χ0) is 25.5. The quantitative estimate of drug-likeness (QED) is 0.557. The van der Waals surface area contributed by atoms with E-state index in [-0.39, 0.29) is 22.6 Å². The molecule has 0 radical (unpaired) electrons. The molecule has 1 N–H and O–H groups in total. The molecule has 37 heavy (non-hydrogen) atoms. The van der Waals surface area contributed by atoms with Crippen LogP contribution < -0.4 is 9.62 Å². The standard InChI is InChI=1S/C29H37N3O3S2/c30-14-21-3-2-20(16-36-17-21)10-26(33)15-31-29-18-27(12-23-11-24(29)13-28(23,27)19-29)22-4-6-25(7-5-22)32-8-1-9-37(32,34)35/h4-7,20-21,23-24,31H,1-3,8-13,15-19H2/t20-,21+,23?,24?,27?,28?,29?/m0/s1. The first-order chi connectivity index (χ1) is 17.8. The van der Waals surface area contributed by atoms with Gasteiger partial charge in [-0.2, -0.15) is 17.0 Å². The van der Waals surface area contributed by atoms with Crippen LogP contribution in [0.4, 0.5) is 5.69 Å². The van der Waals surface area contributed by atoms with Gasteiger partial charge in [0, 0.05) is 29.7 Å². The summed E-state index contributed by atoms with van der Waals surface area (Å²) < 4.78 is 26.4. The second-order valence-corrected chi connectivity index (χ2v) is 16.1. The van der Waals surface area contributed by atoms with Gasteiger partial charge in [0.2, 0.25) is 10.0 Å². The zero-order valence-electron chi connectivity index (χ0n) is 21.5. The van der Waals surface area contributed by atoms with E-state index in [1.807, 2.05) is 23.9 Å². The van der Waals surface area contributed by atoms with Crippen molar-refractivity contribution < 1.29 is 13.2 Å². The summed E-state index contributed by atoms with van der Waals surface area (Å²) in [4.78, 5) is 13.1. The first-order valence-corrected chi connectivity index (χ1v) is 16.9. The molecule has 198 valence electrons. The number of hydrogen-bond donors (Lipinski definition) is 1. The van der Waals surface area contributed by atoms with E-state index < -0.39 is 10.0 Å². The molecule has 7 atom stereocenters. The number of carbonyl (C=O) groups excluding carboxylic acids is 1. The van der Waals surface area contributed by atoms with E-state index in [2.05, 4.69) is 23.5 Å². The summed E-state index contributed by atoms with van der Waals surface area (Å²) in [6.07, 6.45) is 9.36. The molecule has 0 amide bonds. The number of rotatable bonds is 7. The number of Topliss-reactive ketones (excluding diaryl/α,β-unsaturated/α-hetero) is 1. The molecule has 1 spiro atoms. The Labute approximate surface area is 225 Å². The Morgan fingerprint density at radius 3 is 2.73 bits per heavy atom. The van der Waals surface area contributed by atoms with E-state index >= 15 is 0 Å². The van der Waals surface area contributed by atoms with Crippen molar-refractivity contribution in [3.05, 3.63) is 29.8 Å². The number of anilines is 1. The van der Waals surface area contributed by atoms with Crippen LogP contribution in [0.25, 0.3) is 0 Å². The molecule has 4 aliphatic carbocycles. The van der Waals surface area contributed by atoms with Crippen LogP contribution >= 0.6 is 11.8 Å². The SMILES string of the molecule is N#C[C@H]1CC[C@@H](CC(=O)CNC23CC4(c5ccc(N6CCCS6(=O)=O)cc5)CC5CC2CC54C3)CSC1. The minimum Gasteiger partial charge on any atom is -0.304 e. The third-order valence-electron chi connectivity index (χ3n) is 11.3. The molecule has 4 saturated carbocycles. The van der Waals surface area contributed by atoms with Gasteiger partial charge in [0.05, 0.1) is 30.0 Å². The van der Waals surface area contributed by atoms with E-state index in [0.29, 0.717) is 49.0 Å². The molecule has 6 fully saturated rings. The van der Waals surface area contributed by atoms with E-state index in [0.717, 1.165) is 42.4 Å². The predicted octanol–water partition coefficient (Wildman–Crippen LogP) is 4.26. The van der Waals surface area contributed by atoms with Crippen LogP contribution in [-0.4, -0.2) is 50.1 Å². The van der Waals surface area contributed by atoms with Crippen LogP contribution in [0.5, 0.6) is 0 Å². The van der Waals surface area contributed by atoms with Crippen molar-refractivity contribution in [2.75, 3.05) is 34.7 Å². The van der Waals surface area contributed by atoms with Gasteiger partial charge in [-0.25, -0.2) is 8.42 Å². The molecule has 8 heteroatoms. The highest BCUT2D eigenvalue weighted by molar-refractivity contribution is 7.99. The van der Waals surface area contributed by atoms with E-state index in [4.69, 9.17) is 0 Å². The zero-order valence-corrected chi connectivity index (χ0v) is 23.1. The minimum absolute atomic E-state index is 0.0731. The second-order valence-electron chi connectivity index (χ2n) is 13.0. The lowest BCUT2D eigenvalue weighted by Gasteiger charge is -2.59. The number of benzene rings is 1. The van der Waals surface area contributed by atoms with Gasteiger partial charge in [-0.05, 0) is 98.0 Å². The van der Waals surface area contributed by atoms with Crippen molar-refractivity contribution >= 4 is 33.3 Å². The van der Waals surface area contributed by atoms with Gasteiger partial charge < -0.3 is 5.32 Å². The van der Waals surface area contributed by atoms with Gasteiger partial charge in [0.15, 0.2) is 0 Å². The summed E-state index contributed by atoms with van der Waals surface area (Å²) in [6, 6.07) is 10.9. The summed E-state index contributed by atoms with van der Waals surface area (Å²) >= 11 is 1.84. The number of nitrogens with one attached hydrogen (secondary N) is 1. The molecule has 7 rings (SSSR count). The number of nitriles is 1. The number of thioether (sulfide) groups is 1.